The first-order chi connectivity index (χ1) is 12.5. The van der Waals surface area contributed by atoms with Crippen molar-refractivity contribution < 1.29 is 13.2 Å². The summed E-state index contributed by atoms with van der Waals surface area (Å²) < 4.78 is 26.6. The molecule has 0 radical (unpaired) electrons. The lowest BCUT2D eigenvalue weighted by atomic mass is 10.3. The van der Waals surface area contributed by atoms with Crippen molar-refractivity contribution in [3.05, 3.63) is 49.1 Å². The van der Waals surface area contributed by atoms with Crippen molar-refractivity contribution in [3.8, 4) is 0 Å². The predicted octanol–water partition coefficient (Wildman–Crippen LogP) is 0.891. The highest BCUT2D eigenvalue weighted by atomic mass is 32.2. The SMILES string of the molecule is O=C(CCS(=O)(=O)c1ccccc1)N1CCN(CCn2ccnc2)CC1. The predicted molar refractivity (Wildman–Crippen MR) is 98.4 cm³/mol. The maximum absolute atomic E-state index is 12.4. The van der Waals surface area contributed by atoms with Gasteiger partial charge in [0.1, 0.15) is 0 Å². The van der Waals surface area contributed by atoms with Gasteiger partial charge in [-0.15, -0.1) is 0 Å². The molecule has 8 heteroatoms. The molecule has 0 spiro atoms. The van der Waals surface area contributed by atoms with Crippen LogP contribution in [0.4, 0.5) is 0 Å². The highest BCUT2D eigenvalue weighted by Gasteiger charge is 2.23. The van der Waals surface area contributed by atoms with E-state index in [4.69, 9.17) is 0 Å². The van der Waals surface area contributed by atoms with Gasteiger partial charge in [0.05, 0.1) is 17.0 Å². The van der Waals surface area contributed by atoms with Gasteiger partial charge in [0, 0.05) is 58.1 Å². The first-order valence-corrected chi connectivity index (χ1v) is 10.4. The minimum atomic E-state index is -3.41. The number of nitrogens with zero attached hydrogens (tertiary/aromatic N) is 4. The van der Waals surface area contributed by atoms with E-state index < -0.39 is 9.84 Å². The lowest BCUT2D eigenvalue weighted by molar-refractivity contribution is -0.132. The molecule has 0 bridgehead atoms. The maximum atomic E-state index is 12.4. The first kappa shape index (κ1) is 18.6. The molecule has 1 aliphatic heterocycles. The summed E-state index contributed by atoms with van der Waals surface area (Å²) in [7, 11) is -3.41. The Kier molecular flexibility index (Phi) is 6.05. The minimum Gasteiger partial charge on any atom is -0.340 e. The van der Waals surface area contributed by atoms with Gasteiger partial charge in [0.15, 0.2) is 9.84 Å². The minimum absolute atomic E-state index is 0.0340. The summed E-state index contributed by atoms with van der Waals surface area (Å²) in [6.07, 6.45) is 5.53. The number of amides is 1. The second-order valence-electron chi connectivity index (χ2n) is 6.40. The Bertz CT molecular complexity index is 798. The van der Waals surface area contributed by atoms with Crippen LogP contribution in [0.15, 0.2) is 53.9 Å². The Morgan fingerprint density at radius 2 is 1.77 bits per heavy atom. The molecule has 1 aromatic heterocycles. The van der Waals surface area contributed by atoms with E-state index in [-0.39, 0.29) is 23.0 Å². The molecule has 1 aliphatic rings. The largest absolute Gasteiger partial charge is 0.340 e. The average molecular weight is 376 g/mol. The molecule has 0 N–H and O–H groups in total. The van der Waals surface area contributed by atoms with Crippen LogP contribution in [-0.4, -0.2) is 72.2 Å². The Morgan fingerprint density at radius 3 is 2.42 bits per heavy atom. The quantitative estimate of drug-likeness (QED) is 0.717. The third kappa shape index (κ3) is 4.92. The van der Waals surface area contributed by atoms with Crippen molar-refractivity contribution in [2.45, 2.75) is 17.9 Å². The van der Waals surface area contributed by atoms with E-state index in [0.717, 1.165) is 26.2 Å². The van der Waals surface area contributed by atoms with Crippen molar-refractivity contribution in [1.29, 1.82) is 0 Å². The third-order valence-electron chi connectivity index (χ3n) is 4.65. The van der Waals surface area contributed by atoms with Crippen LogP contribution in [0.25, 0.3) is 0 Å². The van der Waals surface area contributed by atoms with E-state index in [1.807, 2.05) is 10.8 Å². The van der Waals surface area contributed by atoms with Gasteiger partial charge < -0.3 is 9.47 Å². The molecule has 140 valence electrons. The lowest BCUT2D eigenvalue weighted by Gasteiger charge is -2.34. The van der Waals surface area contributed by atoms with Gasteiger partial charge in [-0.05, 0) is 12.1 Å². The molecule has 1 fully saturated rings. The fourth-order valence-electron chi connectivity index (χ4n) is 3.02. The molecular weight excluding hydrogens is 352 g/mol. The summed E-state index contributed by atoms with van der Waals surface area (Å²) in [5, 5.41) is 0. The van der Waals surface area contributed by atoms with E-state index in [2.05, 4.69) is 9.88 Å². The van der Waals surface area contributed by atoms with E-state index in [9.17, 15) is 13.2 Å². The van der Waals surface area contributed by atoms with E-state index >= 15 is 0 Å². The number of sulfone groups is 1. The monoisotopic (exact) mass is 376 g/mol. The molecule has 2 heterocycles. The Balaban J connectivity index is 1.42. The van der Waals surface area contributed by atoms with Crippen LogP contribution in [-0.2, 0) is 21.2 Å². The summed E-state index contributed by atoms with van der Waals surface area (Å²) in [5.74, 6) is -0.227. The smallest absolute Gasteiger partial charge is 0.223 e. The average Bonchev–Trinajstić information content (AvgIpc) is 3.19. The molecule has 1 saturated heterocycles. The second kappa shape index (κ2) is 8.46. The summed E-state index contributed by atoms with van der Waals surface area (Å²) >= 11 is 0. The van der Waals surface area contributed by atoms with Gasteiger partial charge in [0.25, 0.3) is 0 Å². The van der Waals surface area contributed by atoms with Crippen LogP contribution >= 0.6 is 0 Å². The summed E-state index contributed by atoms with van der Waals surface area (Å²) in [6, 6.07) is 8.30. The third-order valence-corrected chi connectivity index (χ3v) is 6.38. The highest BCUT2D eigenvalue weighted by molar-refractivity contribution is 7.91. The van der Waals surface area contributed by atoms with Crippen molar-refractivity contribution in [3.63, 3.8) is 0 Å². The van der Waals surface area contributed by atoms with E-state index in [0.29, 0.717) is 13.1 Å². The number of carbonyl (C=O) groups is 1. The number of hydrogen-bond acceptors (Lipinski definition) is 5. The van der Waals surface area contributed by atoms with E-state index in [1.165, 1.54) is 0 Å². The molecule has 0 saturated carbocycles. The number of rotatable bonds is 7. The Labute approximate surface area is 154 Å². The lowest BCUT2D eigenvalue weighted by Crippen LogP contribution is -2.49. The summed E-state index contributed by atoms with van der Waals surface area (Å²) in [4.78, 5) is 20.7. The number of aromatic nitrogens is 2. The van der Waals surface area contributed by atoms with Crippen molar-refractivity contribution >= 4 is 15.7 Å². The van der Waals surface area contributed by atoms with Crippen LogP contribution in [0.5, 0.6) is 0 Å². The van der Waals surface area contributed by atoms with Gasteiger partial charge in [-0.25, -0.2) is 13.4 Å². The molecule has 7 nitrogen and oxygen atoms in total. The van der Waals surface area contributed by atoms with Gasteiger partial charge in [-0.3, -0.25) is 9.69 Å². The summed E-state index contributed by atoms with van der Waals surface area (Å²) in [6.45, 7) is 4.71. The number of benzene rings is 1. The van der Waals surface area contributed by atoms with Crippen LogP contribution in [0.1, 0.15) is 6.42 Å². The Morgan fingerprint density at radius 1 is 1.04 bits per heavy atom. The number of carbonyl (C=O) groups excluding carboxylic acids is 1. The van der Waals surface area contributed by atoms with Crippen molar-refractivity contribution in [2.24, 2.45) is 0 Å². The van der Waals surface area contributed by atoms with Crippen LogP contribution in [0, 0.1) is 0 Å². The highest BCUT2D eigenvalue weighted by Crippen LogP contribution is 2.12. The fourth-order valence-corrected chi connectivity index (χ4v) is 4.27. The molecule has 0 unspecified atom stereocenters. The van der Waals surface area contributed by atoms with Crippen molar-refractivity contribution in [2.75, 3.05) is 38.5 Å². The van der Waals surface area contributed by atoms with Crippen molar-refractivity contribution in [1.82, 2.24) is 19.4 Å². The molecule has 1 amide bonds. The number of imidazole rings is 1. The second-order valence-corrected chi connectivity index (χ2v) is 8.51. The number of hydrogen-bond donors (Lipinski definition) is 0. The molecule has 0 aliphatic carbocycles. The zero-order valence-corrected chi connectivity index (χ0v) is 15.5. The number of piperazine rings is 1. The zero-order valence-electron chi connectivity index (χ0n) is 14.7. The fraction of sp³-hybridized carbons (Fsp3) is 0.444. The summed E-state index contributed by atoms with van der Waals surface area (Å²) in [5.41, 5.74) is 0. The van der Waals surface area contributed by atoms with Gasteiger partial charge in [-0.2, -0.15) is 0 Å². The maximum Gasteiger partial charge on any atom is 0.223 e. The molecule has 3 rings (SSSR count). The normalized spacial score (nSPS) is 15.9. The van der Waals surface area contributed by atoms with Gasteiger partial charge >= 0.3 is 0 Å². The topological polar surface area (TPSA) is 75.5 Å². The first-order valence-electron chi connectivity index (χ1n) is 8.78. The molecule has 26 heavy (non-hydrogen) atoms. The molecule has 1 aromatic carbocycles. The van der Waals surface area contributed by atoms with Gasteiger partial charge in [-0.1, -0.05) is 18.2 Å². The van der Waals surface area contributed by atoms with Crippen LogP contribution in [0.2, 0.25) is 0 Å². The standard InChI is InChI=1S/C18H24N4O3S/c23-18(6-15-26(24,25)17-4-2-1-3-5-17)22-13-11-20(12-14-22)9-10-21-8-7-19-16-21/h1-5,7-8,16H,6,9-15H2. The van der Waals surface area contributed by atoms with Gasteiger partial charge in [0.2, 0.25) is 5.91 Å². The Hall–Kier alpha value is -2.19. The van der Waals surface area contributed by atoms with Crippen LogP contribution < -0.4 is 0 Å². The molecule has 2 aromatic rings. The van der Waals surface area contributed by atoms with E-state index in [1.54, 1.807) is 47.8 Å². The molecule has 0 atom stereocenters. The molecular formula is C18H24N4O3S. The van der Waals surface area contributed by atoms with Crippen LogP contribution in [0.3, 0.4) is 0 Å². The zero-order chi connectivity index (χ0) is 18.4.